The highest BCUT2D eigenvalue weighted by Crippen LogP contribution is 2.07. The molecular formula is C15H20N4O2. The van der Waals surface area contributed by atoms with Gasteiger partial charge in [-0.3, -0.25) is 4.79 Å². The standard InChI is InChI=1S/C15H20N4O2/c1-11(8-12(2)20)9-16-15(21)14-10-19(18-17-14)13-6-4-3-5-7-13/h3-7,10-12,20H,8-9H2,1-2H3,(H,16,21). The number of hydrogen-bond donors (Lipinski definition) is 2. The van der Waals surface area contributed by atoms with Crippen molar-refractivity contribution < 1.29 is 9.90 Å². The molecular weight excluding hydrogens is 268 g/mol. The van der Waals surface area contributed by atoms with Gasteiger partial charge >= 0.3 is 0 Å². The Balaban J connectivity index is 1.93. The highest BCUT2D eigenvalue weighted by molar-refractivity contribution is 5.91. The van der Waals surface area contributed by atoms with Gasteiger partial charge in [0, 0.05) is 6.54 Å². The maximum absolute atomic E-state index is 12.0. The Morgan fingerprint density at radius 1 is 1.33 bits per heavy atom. The lowest BCUT2D eigenvalue weighted by Crippen LogP contribution is -2.29. The summed E-state index contributed by atoms with van der Waals surface area (Å²) in [6.07, 6.45) is 1.89. The van der Waals surface area contributed by atoms with Crippen molar-refractivity contribution in [3.63, 3.8) is 0 Å². The Hall–Kier alpha value is -2.21. The Morgan fingerprint density at radius 2 is 2.05 bits per heavy atom. The molecule has 2 rings (SSSR count). The largest absolute Gasteiger partial charge is 0.393 e. The number of amides is 1. The highest BCUT2D eigenvalue weighted by atomic mass is 16.3. The van der Waals surface area contributed by atoms with Gasteiger partial charge in [0.2, 0.25) is 0 Å². The summed E-state index contributed by atoms with van der Waals surface area (Å²) in [6, 6.07) is 9.49. The summed E-state index contributed by atoms with van der Waals surface area (Å²) in [5, 5.41) is 19.9. The molecule has 0 spiro atoms. The van der Waals surface area contributed by atoms with Crippen LogP contribution in [0.25, 0.3) is 5.69 Å². The number of benzene rings is 1. The second-order valence-electron chi connectivity index (χ2n) is 5.28. The number of aromatic nitrogens is 3. The molecule has 0 aliphatic carbocycles. The number of nitrogens with zero attached hydrogens (tertiary/aromatic N) is 3. The Labute approximate surface area is 123 Å². The third-order valence-electron chi connectivity index (χ3n) is 3.10. The van der Waals surface area contributed by atoms with Crippen LogP contribution in [0.1, 0.15) is 30.8 Å². The zero-order chi connectivity index (χ0) is 15.2. The van der Waals surface area contributed by atoms with Gasteiger partial charge in [-0.15, -0.1) is 5.10 Å². The first-order valence-electron chi connectivity index (χ1n) is 7.00. The van der Waals surface area contributed by atoms with E-state index in [0.717, 1.165) is 5.69 Å². The first-order valence-corrected chi connectivity index (χ1v) is 7.00. The summed E-state index contributed by atoms with van der Waals surface area (Å²) in [7, 11) is 0. The van der Waals surface area contributed by atoms with Crippen molar-refractivity contribution in [1.82, 2.24) is 20.3 Å². The number of carbonyl (C=O) groups excluding carboxylic acids is 1. The van der Waals surface area contributed by atoms with Crippen LogP contribution in [0.2, 0.25) is 0 Å². The van der Waals surface area contributed by atoms with Crippen LogP contribution in [0.15, 0.2) is 36.5 Å². The molecule has 2 N–H and O–H groups in total. The quantitative estimate of drug-likeness (QED) is 0.842. The summed E-state index contributed by atoms with van der Waals surface area (Å²) < 4.78 is 1.56. The second kappa shape index (κ2) is 6.99. The molecule has 0 saturated carbocycles. The summed E-state index contributed by atoms with van der Waals surface area (Å²) in [4.78, 5) is 12.0. The first-order chi connectivity index (χ1) is 10.1. The lowest BCUT2D eigenvalue weighted by molar-refractivity contribution is 0.0934. The zero-order valence-electron chi connectivity index (χ0n) is 12.2. The Morgan fingerprint density at radius 3 is 2.71 bits per heavy atom. The maximum atomic E-state index is 12.0. The summed E-state index contributed by atoms with van der Waals surface area (Å²) >= 11 is 0. The van der Waals surface area contributed by atoms with Gasteiger partial charge in [0.1, 0.15) is 0 Å². The van der Waals surface area contributed by atoms with E-state index < -0.39 is 0 Å². The molecule has 1 heterocycles. The van der Waals surface area contributed by atoms with Crippen LogP contribution in [0.3, 0.4) is 0 Å². The highest BCUT2D eigenvalue weighted by Gasteiger charge is 2.13. The van der Waals surface area contributed by atoms with Crippen molar-refractivity contribution in [1.29, 1.82) is 0 Å². The minimum atomic E-state index is -0.365. The molecule has 0 saturated heterocycles. The number of hydrogen-bond acceptors (Lipinski definition) is 4. The molecule has 0 bridgehead atoms. The number of aliphatic hydroxyl groups is 1. The number of carbonyl (C=O) groups is 1. The second-order valence-corrected chi connectivity index (χ2v) is 5.28. The molecule has 0 fully saturated rings. The van der Waals surface area contributed by atoms with Gasteiger partial charge in [-0.1, -0.05) is 30.3 Å². The molecule has 6 nitrogen and oxygen atoms in total. The van der Waals surface area contributed by atoms with Crippen LogP contribution in [0.5, 0.6) is 0 Å². The van der Waals surface area contributed by atoms with Crippen molar-refractivity contribution in [3.8, 4) is 5.69 Å². The van der Waals surface area contributed by atoms with Crippen molar-refractivity contribution in [3.05, 3.63) is 42.2 Å². The van der Waals surface area contributed by atoms with Crippen LogP contribution >= 0.6 is 0 Å². The van der Waals surface area contributed by atoms with Gasteiger partial charge in [0.15, 0.2) is 5.69 Å². The van der Waals surface area contributed by atoms with E-state index in [0.29, 0.717) is 13.0 Å². The van der Waals surface area contributed by atoms with Crippen LogP contribution < -0.4 is 5.32 Å². The normalized spacial score (nSPS) is 13.7. The lowest BCUT2D eigenvalue weighted by Gasteiger charge is -2.13. The van der Waals surface area contributed by atoms with Gasteiger partial charge in [-0.2, -0.15) is 0 Å². The molecule has 0 aliphatic rings. The molecule has 21 heavy (non-hydrogen) atoms. The fourth-order valence-electron chi connectivity index (χ4n) is 2.10. The number of aliphatic hydroxyl groups excluding tert-OH is 1. The minimum absolute atomic E-state index is 0.207. The van der Waals surface area contributed by atoms with E-state index in [1.807, 2.05) is 37.3 Å². The molecule has 1 aromatic heterocycles. The van der Waals surface area contributed by atoms with E-state index in [-0.39, 0.29) is 23.6 Å². The van der Waals surface area contributed by atoms with E-state index in [4.69, 9.17) is 0 Å². The lowest BCUT2D eigenvalue weighted by atomic mass is 10.0. The van der Waals surface area contributed by atoms with Crippen LogP contribution in [-0.4, -0.2) is 38.7 Å². The Bertz CT molecular complexity index is 580. The Kier molecular flexibility index (Phi) is 5.05. The van der Waals surface area contributed by atoms with E-state index in [1.54, 1.807) is 17.8 Å². The fourth-order valence-corrected chi connectivity index (χ4v) is 2.10. The van der Waals surface area contributed by atoms with Crippen molar-refractivity contribution >= 4 is 5.91 Å². The fraction of sp³-hybridized carbons (Fsp3) is 0.400. The van der Waals surface area contributed by atoms with Gasteiger partial charge in [0.05, 0.1) is 18.0 Å². The van der Waals surface area contributed by atoms with Gasteiger partial charge in [0.25, 0.3) is 5.91 Å². The van der Waals surface area contributed by atoms with Gasteiger partial charge in [-0.05, 0) is 31.4 Å². The van der Waals surface area contributed by atoms with Crippen LogP contribution in [-0.2, 0) is 0 Å². The summed E-state index contributed by atoms with van der Waals surface area (Å²) in [5.41, 5.74) is 1.13. The summed E-state index contributed by atoms with van der Waals surface area (Å²) in [6.45, 7) is 4.22. The molecule has 1 amide bonds. The van der Waals surface area contributed by atoms with Crippen molar-refractivity contribution in [2.24, 2.45) is 5.92 Å². The SMILES string of the molecule is CC(O)CC(C)CNC(=O)c1cn(-c2ccccc2)nn1. The van der Waals surface area contributed by atoms with Gasteiger partial charge < -0.3 is 10.4 Å². The number of para-hydroxylation sites is 1. The summed E-state index contributed by atoms with van der Waals surface area (Å²) in [5.74, 6) is -0.0484. The average molecular weight is 288 g/mol. The third-order valence-corrected chi connectivity index (χ3v) is 3.10. The third kappa shape index (κ3) is 4.39. The van der Waals surface area contributed by atoms with Crippen molar-refractivity contribution in [2.45, 2.75) is 26.4 Å². The van der Waals surface area contributed by atoms with Crippen LogP contribution in [0.4, 0.5) is 0 Å². The van der Waals surface area contributed by atoms with Crippen molar-refractivity contribution in [2.75, 3.05) is 6.54 Å². The predicted octanol–water partition coefficient (Wildman–Crippen LogP) is 1.40. The van der Waals surface area contributed by atoms with E-state index in [9.17, 15) is 9.90 Å². The minimum Gasteiger partial charge on any atom is -0.393 e. The van der Waals surface area contributed by atoms with E-state index >= 15 is 0 Å². The molecule has 1 aromatic carbocycles. The smallest absolute Gasteiger partial charge is 0.273 e. The topological polar surface area (TPSA) is 80.0 Å². The number of rotatable bonds is 6. The molecule has 2 unspecified atom stereocenters. The molecule has 112 valence electrons. The number of nitrogens with one attached hydrogen (secondary N) is 1. The predicted molar refractivity (Wildman–Crippen MR) is 79.2 cm³/mol. The van der Waals surface area contributed by atoms with E-state index in [1.165, 1.54) is 0 Å². The molecule has 0 radical (unpaired) electrons. The van der Waals surface area contributed by atoms with Gasteiger partial charge in [-0.25, -0.2) is 4.68 Å². The molecule has 0 aliphatic heterocycles. The average Bonchev–Trinajstić information content (AvgIpc) is 2.95. The first kappa shape index (κ1) is 15.2. The monoisotopic (exact) mass is 288 g/mol. The maximum Gasteiger partial charge on any atom is 0.273 e. The molecule has 6 heteroatoms. The molecule has 2 atom stereocenters. The zero-order valence-corrected chi connectivity index (χ0v) is 12.2. The molecule has 2 aromatic rings. The van der Waals surface area contributed by atoms with Crippen LogP contribution in [0, 0.1) is 5.92 Å². The van der Waals surface area contributed by atoms with E-state index in [2.05, 4.69) is 15.6 Å².